The average Bonchev–Trinajstić information content (AvgIpc) is 3.13. The molecule has 1 aromatic rings. The lowest BCUT2D eigenvalue weighted by molar-refractivity contribution is 0.583. The Labute approximate surface area is 93.9 Å². The van der Waals surface area contributed by atoms with Crippen LogP contribution in [0.4, 0.5) is 5.82 Å². The highest BCUT2D eigenvalue weighted by Gasteiger charge is 2.27. The van der Waals surface area contributed by atoms with Gasteiger partial charge >= 0.3 is 0 Å². The fourth-order valence-electron chi connectivity index (χ4n) is 2.07. The van der Waals surface area contributed by atoms with Gasteiger partial charge in [-0.3, -0.25) is 4.79 Å². The molecule has 2 N–H and O–H groups in total. The maximum absolute atomic E-state index is 11.5. The van der Waals surface area contributed by atoms with Gasteiger partial charge in [0, 0.05) is 38.2 Å². The molecule has 1 aliphatic heterocycles. The third kappa shape index (κ3) is 1.95. The van der Waals surface area contributed by atoms with Gasteiger partial charge in [-0.2, -0.15) is 0 Å². The maximum atomic E-state index is 11.5. The minimum atomic E-state index is -0.0227. The van der Waals surface area contributed by atoms with E-state index < -0.39 is 0 Å². The first-order valence-corrected chi connectivity index (χ1v) is 5.90. The predicted molar refractivity (Wildman–Crippen MR) is 61.9 cm³/mol. The molecule has 1 saturated heterocycles. The average molecular weight is 220 g/mol. The van der Waals surface area contributed by atoms with Gasteiger partial charge in [-0.05, 0) is 12.8 Å². The number of piperazine rings is 1. The molecule has 16 heavy (non-hydrogen) atoms. The summed E-state index contributed by atoms with van der Waals surface area (Å²) in [5, 5.41) is 3.29. The number of hydrogen-bond donors (Lipinski definition) is 2. The summed E-state index contributed by atoms with van der Waals surface area (Å²) >= 11 is 0. The second-order valence-electron chi connectivity index (χ2n) is 4.50. The third-order valence-electron chi connectivity index (χ3n) is 3.15. The van der Waals surface area contributed by atoms with E-state index in [2.05, 4.69) is 20.2 Å². The van der Waals surface area contributed by atoms with Gasteiger partial charge in [-0.25, -0.2) is 4.98 Å². The third-order valence-corrected chi connectivity index (χ3v) is 3.15. The molecule has 0 radical (unpaired) electrons. The van der Waals surface area contributed by atoms with E-state index in [1.54, 1.807) is 6.07 Å². The van der Waals surface area contributed by atoms with Gasteiger partial charge in [0.05, 0.1) is 0 Å². The first-order chi connectivity index (χ1) is 7.83. The van der Waals surface area contributed by atoms with Crippen molar-refractivity contribution in [2.24, 2.45) is 0 Å². The van der Waals surface area contributed by atoms with Crippen LogP contribution in [0.3, 0.4) is 0 Å². The Kier molecular flexibility index (Phi) is 2.40. The molecule has 5 nitrogen and oxygen atoms in total. The fraction of sp³-hybridized carbons (Fsp3) is 0.636. The Morgan fingerprint density at radius 2 is 2.06 bits per heavy atom. The van der Waals surface area contributed by atoms with E-state index in [1.165, 1.54) is 0 Å². The molecule has 0 spiro atoms. The van der Waals surface area contributed by atoms with Crippen molar-refractivity contribution in [2.75, 3.05) is 31.1 Å². The van der Waals surface area contributed by atoms with E-state index in [4.69, 9.17) is 0 Å². The van der Waals surface area contributed by atoms with Gasteiger partial charge in [-0.1, -0.05) is 0 Å². The van der Waals surface area contributed by atoms with Crippen molar-refractivity contribution in [3.63, 3.8) is 0 Å². The van der Waals surface area contributed by atoms with Gasteiger partial charge in [0.15, 0.2) is 0 Å². The Morgan fingerprint density at radius 1 is 1.31 bits per heavy atom. The Morgan fingerprint density at radius 3 is 2.75 bits per heavy atom. The predicted octanol–water partition coefficient (Wildman–Crippen LogP) is 0.0569. The van der Waals surface area contributed by atoms with E-state index >= 15 is 0 Å². The topological polar surface area (TPSA) is 61.0 Å². The van der Waals surface area contributed by atoms with Gasteiger partial charge in [0.1, 0.15) is 11.6 Å². The summed E-state index contributed by atoms with van der Waals surface area (Å²) in [7, 11) is 0. The molecule has 3 rings (SSSR count). The zero-order valence-electron chi connectivity index (χ0n) is 9.20. The van der Waals surface area contributed by atoms with Crippen molar-refractivity contribution in [3.8, 4) is 0 Å². The largest absolute Gasteiger partial charge is 0.354 e. The summed E-state index contributed by atoms with van der Waals surface area (Å²) in [5.41, 5.74) is -0.0227. The molecule has 0 atom stereocenters. The van der Waals surface area contributed by atoms with E-state index in [0.29, 0.717) is 5.92 Å². The van der Waals surface area contributed by atoms with Crippen LogP contribution in [0.2, 0.25) is 0 Å². The van der Waals surface area contributed by atoms with Crippen LogP contribution in [0.1, 0.15) is 24.6 Å². The molecule has 0 bridgehead atoms. The lowest BCUT2D eigenvalue weighted by Crippen LogP contribution is -2.44. The minimum absolute atomic E-state index is 0.0227. The normalized spacial score (nSPS) is 21.1. The minimum Gasteiger partial charge on any atom is -0.354 e. The molecule has 2 heterocycles. The van der Waals surface area contributed by atoms with Crippen LogP contribution in [-0.4, -0.2) is 36.1 Å². The molecule has 1 saturated carbocycles. The first kappa shape index (κ1) is 9.84. The molecule has 0 amide bonds. The van der Waals surface area contributed by atoms with Crippen LogP contribution < -0.4 is 15.8 Å². The summed E-state index contributed by atoms with van der Waals surface area (Å²) in [4.78, 5) is 21.1. The van der Waals surface area contributed by atoms with Crippen LogP contribution in [0.25, 0.3) is 0 Å². The first-order valence-electron chi connectivity index (χ1n) is 5.90. The number of aromatic nitrogens is 2. The summed E-state index contributed by atoms with van der Waals surface area (Å²) in [6.45, 7) is 3.79. The van der Waals surface area contributed by atoms with Crippen molar-refractivity contribution in [3.05, 3.63) is 22.2 Å². The summed E-state index contributed by atoms with van der Waals surface area (Å²) < 4.78 is 0. The van der Waals surface area contributed by atoms with Gasteiger partial charge in [0.2, 0.25) is 0 Å². The highest BCUT2D eigenvalue weighted by Crippen LogP contribution is 2.37. The lowest BCUT2D eigenvalue weighted by Gasteiger charge is -2.28. The highest BCUT2D eigenvalue weighted by atomic mass is 16.1. The van der Waals surface area contributed by atoms with Crippen LogP contribution in [-0.2, 0) is 0 Å². The maximum Gasteiger partial charge on any atom is 0.252 e. The number of nitrogens with zero attached hydrogens (tertiary/aromatic N) is 2. The number of hydrogen-bond acceptors (Lipinski definition) is 4. The van der Waals surface area contributed by atoms with Crippen LogP contribution in [0, 0.1) is 0 Å². The second kappa shape index (κ2) is 3.90. The van der Waals surface area contributed by atoms with Crippen molar-refractivity contribution < 1.29 is 0 Å². The van der Waals surface area contributed by atoms with E-state index in [0.717, 1.165) is 50.7 Å². The monoisotopic (exact) mass is 220 g/mol. The standard InChI is InChI=1S/C11H16N4O/c16-10-7-9(15-5-3-12-4-6-15)13-11(14-10)8-1-2-8/h7-8,12H,1-6H2,(H,13,14,16). The second-order valence-corrected chi connectivity index (χ2v) is 4.50. The van der Waals surface area contributed by atoms with E-state index in [-0.39, 0.29) is 5.56 Å². The molecule has 5 heteroatoms. The molecule has 2 fully saturated rings. The quantitative estimate of drug-likeness (QED) is 0.739. The number of rotatable bonds is 2. The van der Waals surface area contributed by atoms with E-state index in [1.807, 2.05) is 0 Å². The lowest BCUT2D eigenvalue weighted by atomic mass is 10.3. The smallest absolute Gasteiger partial charge is 0.252 e. The molecule has 86 valence electrons. The van der Waals surface area contributed by atoms with Crippen molar-refractivity contribution in [2.45, 2.75) is 18.8 Å². The SMILES string of the molecule is O=c1cc(N2CCNCC2)nc(C2CC2)[nH]1. The van der Waals surface area contributed by atoms with E-state index in [9.17, 15) is 4.79 Å². The Balaban J connectivity index is 1.89. The molecule has 0 unspecified atom stereocenters. The number of aromatic amines is 1. The molecule has 1 aromatic heterocycles. The summed E-state index contributed by atoms with van der Waals surface area (Å²) in [6, 6.07) is 1.61. The van der Waals surface area contributed by atoms with Crippen LogP contribution in [0.15, 0.2) is 10.9 Å². The van der Waals surface area contributed by atoms with Crippen molar-refractivity contribution >= 4 is 5.82 Å². The fourth-order valence-corrected chi connectivity index (χ4v) is 2.07. The molecular formula is C11H16N4O. The van der Waals surface area contributed by atoms with Crippen LogP contribution >= 0.6 is 0 Å². The van der Waals surface area contributed by atoms with Crippen molar-refractivity contribution in [1.82, 2.24) is 15.3 Å². The van der Waals surface area contributed by atoms with Crippen LogP contribution in [0.5, 0.6) is 0 Å². The number of anilines is 1. The highest BCUT2D eigenvalue weighted by molar-refractivity contribution is 5.38. The van der Waals surface area contributed by atoms with Crippen molar-refractivity contribution in [1.29, 1.82) is 0 Å². The Hall–Kier alpha value is -1.36. The zero-order chi connectivity index (χ0) is 11.0. The molecule has 0 aromatic carbocycles. The summed E-state index contributed by atoms with van der Waals surface area (Å²) in [6.07, 6.45) is 2.32. The summed E-state index contributed by atoms with van der Waals surface area (Å²) in [5.74, 6) is 2.21. The van der Waals surface area contributed by atoms with Gasteiger partial charge in [-0.15, -0.1) is 0 Å². The number of H-pyrrole nitrogens is 1. The number of nitrogens with one attached hydrogen (secondary N) is 2. The molecular weight excluding hydrogens is 204 g/mol. The molecule has 1 aliphatic carbocycles. The van der Waals surface area contributed by atoms with Gasteiger partial charge in [0.25, 0.3) is 5.56 Å². The Bertz CT molecular complexity index is 432. The molecule has 2 aliphatic rings. The van der Waals surface area contributed by atoms with Gasteiger partial charge < -0.3 is 15.2 Å². The zero-order valence-corrected chi connectivity index (χ0v) is 9.20.